The van der Waals surface area contributed by atoms with E-state index in [0.717, 1.165) is 0 Å². The van der Waals surface area contributed by atoms with Gasteiger partial charge >= 0.3 is 12.4 Å². The lowest BCUT2D eigenvalue weighted by molar-refractivity contribution is -0.143. The number of hydrogen-bond donors (Lipinski definition) is 2. The van der Waals surface area contributed by atoms with Crippen LogP contribution < -0.4 is 0 Å². The molecular formula is C10H8F6O2. The standard InChI is InChI=1S/C10H8F6O2/c11-9(12,13)6-1-5(8(18)4-17)2-7(3-6)10(14,15)16/h1-3,8,17-18H,4H2. The summed E-state index contributed by atoms with van der Waals surface area (Å²) in [5.41, 5.74) is -3.70. The SMILES string of the molecule is OCC(O)c1cc(C(F)(F)F)cc(C(F)(F)F)c1. The van der Waals surface area contributed by atoms with Crippen LogP contribution in [0, 0.1) is 0 Å². The van der Waals surface area contributed by atoms with E-state index in [1.807, 2.05) is 0 Å². The Morgan fingerprint density at radius 3 is 1.56 bits per heavy atom. The number of alkyl halides is 6. The Kier molecular flexibility index (Phi) is 3.92. The molecule has 0 saturated heterocycles. The van der Waals surface area contributed by atoms with Gasteiger partial charge in [-0.1, -0.05) is 0 Å². The molecule has 1 aromatic rings. The largest absolute Gasteiger partial charge is 0.416 e. The number of aliphatic hydroxyl groups is 2. The van der Waals surface area contributed by atoms with Gasteiger partial charge in [0.25, 0.3) is 0 Å². The highest BCUT2D eigenvalue weighted by molar-refractivity contribution is 5.34. The Hall–Kier alpha value is -1.28. The Balaban J connectivity index is 3.39. The maximum Gasteiger partial charge on any atom is 0.416 e. The molecule has 0 bridgehead atoms. The van der Waals surface area contributed by atoms with Crippen molar-refractivity contribution in [2.45, 2.75) is 18.5 Å². The summed E-state index contributed by atoms with van der Waals surface area (Å²) in [4.78, 5) is 0. The molecule has 0 aliphatic heterocycles. The average Bonchev–Trinajstić information content (AvgIpc) is 2.25. The van der Waals surface area contributed by atoms with Crippen molar-refractivity contribution in [2.75, 3.05) is 6.61 Å². The third kappa shape index (κ3) is 3.36. The minimum absolute atomic E-state index is 0.0480. The lowest BCUT2D eigenvalue weighted by atomic mass is 10.0. The predicted molar refractivity (Wildman–Crippen MR) is 48.5 cm³/mol. The van der Waals surface area contributed by atoms with E-state index < -0.39 is 41.8 Å². The van der Waals surface area contributed by atoms with Gasteiger partial charge in [0.15, 0.2) is 0 Å². The fraction of sp³-hybridized carbons (Fsp3) is 0.400. The van der Waals surface area contributed by atoms with Crippen molar-refractivity contribution in [1.29, 1.82) is 0 Å². The van der Waals surface area contributed by atoms with Gasteiger partial charge in [0.05, 0.1) is 17.7 Å². The van der Waals surface area contributed by atoms with Crippen molar-refractivity contribution in [1.82, 2.24) is 0 Å². The van der Waals surface area contributed by atoms with E-state index in [0.29, 0.717) is 12.1 Å². The van der Waals surface area contributed by atoms with Gasteiger partial charge in [-0.3, -0.25) is 0 Å². The van der Waals surface area contributed by atoms with Crippen molar-refractivity contribution in [3.05, 3.63) is 34.9 Å². The van der Waals surface area contributed by atoms with Crippen molar-refractivity contribution >= 4 is 0 Å². The lowest BCUT2D eigenvalue weighted by Crippen LogP contribution is -2.13. The molecule has 18 heavy (non-hydrogen) atoms. The molecule has 1 aromatic carbocycles. The van der Waals surface area contributed by atoms with Gasteiger partial charge in [0, 0.05) is 0 Å². The molecule has 0 aromatic heterocycles. The van der Waals surface area contributed by atoms with Crippen molar-refractivity contribution in [2.24, 2.45) is 0 Å². The predicted octanol–water partition coefficient (Wildman–Crippen LogP) is 2.75. The molecule has 0 aliphatic carbocycles. The Bertz CT molecular complexity index is 391. The van der Waals surface area contributed by atoms with Crippen molar-refractivity contribution in [3.8, 4) is 0 Å². The fourth-order valence-corrected chi connectivity index (χ4v) is 1.28. The quantitative estimate of drug-likeness (QED) is 0.814. The van der Waals surface area contributed by atoms with Gasteiger partial charge in [0.2, 0.25) is 0 Å². The summed E-state index contributed by atoms with van der Waals surface area (Å²) >= 11 is 0. The van der Waals surface area contributed by atoms with E-state index in [1.165, 1.54) is 0 Å². The van der Waals surface area contributed by atoms with E-state index in [4.69, 9.17) is 10.2 Å². The number of aliphatic hydroxyl groups excluding tert-OH is 2. The summed E-state index contributed by atoms with van der Waals surface area (Å²) in [5, 5.41) is 17.7. The maximum atomic E-state index is 12.4. The zero-order chi connectivity index (χ0) is 14.1. The summed E-state index contributed by atoms with van der Waals surface area (Å²) in [6.07, 6.45) is -11.7. The molecule has 1 atom stereocenters. The number of hydrogen-bond acceptors (Lipinski definition) is 2. The molecule has 1 rings (SSSR count). The van der Waals surface area contributed by atoms with Gasteiger partial charge in [-0.2, -0.15) is 26.3 Å². The number of halogens is 6. The highest BCUT2D eigenvalue weighted by Gasteiger charge is 2.37. The Labute approximate surface area is 97.5 Å². The molecule has 0 aliphatic rings. The highest BCUT2D eigenvalue weighted by Crippen LogP contribution is 2.37. The normalized spacial score (nSPS) is 14.7. The minimum atomic E-state index is -4.97. The Morgan fingerprint density at radius 2 is 1.28 bits per heavy atom. The number of benzene rings is 1. The van der Waals surface area contributed by atoms with Crippen molar-refractivity contribution < 1.29 is 36.6 Å². The molecule has 0 saturated carbocycles. The summed E-state index contributed by atoms with van der Waals surface area (Å²) in [6, 6.07) is 0.694. The van der Waals surface area contributed by atoms with Crippen LogP contribution in [-0.4, -0.2) is 16.8 Å². The van der Waals surface area contributed by atoms with Crippen LogP contribution in [0.4, 0.5) is 26.3 Å². The molecule has 0 amide bonds. The van der Waals surface area contributed by atoms with Crippen LogP contribution in [0.2, 0.25) is 0 Å². The summed E-state index contributed by atoms with van der Waals surface area (Å²) in [6.45, 7) is -0.974. The third-order valence-electron chi connectivity index (χ3n) is 2.17. The first-order valence-electron chi connectivity index (χ1n) is 4.64. The summed E-state index contributed by atoms with van der Waals surface area (Å²) in [5.74, 6) is 0. The molecule has 0 radical (unpaired) electrons. The third-order valence-corrected chi connectivity index (χ3v) is 2.17. The molecule has 0 heterocycles. The fourth-order valence-electron chi connectivity index (χ4n) is 1.28. The highest BCUT2D eigenvalue weighted by atomic mass is 19.4. The maximum absolute atomic E-state index is 12.4. The van der Waals surface area contributed by atoms with E-state index in [1.54, 1.807) is 0 Å². The number of rotatable bonds is 2. The van der Waals surface area contributed by atoms with Gasteiger partial charge in [-0.05, 0) is 23.8 Å². The second-order valence-corrected chi connectivity index (χ2v) is 3.54. The van der Waals surface area contributed by atoms with Gasteiger partial charge in [0.1, 0.15) is 6.10 Å². The first-order valence-corrected chi connectivity index (χ1v) is 4.64. The van der Waals surface area contributed by atoms with Crippen LogP contribution in [-0.2, 0) is 12.4 Å². The Morgan fingerprint density at radius 1 is 0.889 bits per heavy atom. The second kappa shape index (κ2) is 4.77. The molecule has 0 fully saturated rings. The molecule has 2 N–H and O–H groups in total. The monoisotopic (exact) mass is 274 g/mol. The zero-order valence-corrected chi connectivity index (χ0v) is 8.68. The minimum Gasteiger partial charge on any atom is -0.393 e. The summed E-state index contributed by atoms with van der Waals surface area (Å²) in [7, 11) is 0. The summed E-state index contributed by atoms with van der Waals surface area (Å²) < 4.78 is 74.4. The van der Waals surface area contributed by atoms with E-state index >= 15 is 0 Å². The van der Waals surface area contributed by atoms with E-state index in [9.17, 15) is 26.3 Å². The first kappa shape index (κ1) is 14.8. The van der Waals surface area contributed by atoms with Crippen LogP contribution in [0.15, 0.2) is 18.2 Å². The van der Waals surface area contributed by atoms with Crippen LogP contribution in [0.25, 0.3) is 0 Å². The van der Waals surface area contributed by atoms with Crippen LogP contribution in [0.3, 0.4) is 0 Å². The van der Waals surface area contributed by atoms with Gasteiger partial charge in [-0.25, -0.2) is 0 Å². The average molecular weight is 274 g/mol. The molecule has 2 nitrogen and oxygen atoms in total. The van der Waals surface area contributed by atoms with Crippen molar-refractivity contribution in [3.63, 3.8) is 0 Å². The smallest absolute Gasteiger partial charge is 0.393 e. The topological polar surface area (TPSA) is 40.5 Å². The zero-order valence-electron chi connectivity index (χ0n) is 8.68. The molecular weight excluding hydrogens is 266 g/mol. The van der Waals surface area contributed by atoms with Crippen LogP contribution in [0.5, 0.6) is 0 Å². The van der Waals surface area contributed by atoms with E-state index in [2.05, 4.69) is 0 Å². The second-order valence-electron chi connectivity index (χ2n) is 3.54. The molecule has 102 valence electrons. The van der Waals surface area contributed by atoms with Gasteiger partial charge in [-0.15, -0.1) is 0 Å². The molecule has 8 heteroatoms. The van der Waals surface area contributed by atoms with E-state index in [-0.39, 0.29) is 6.07 Å². The van der Waals surface area contributed by atoms with Crippen LogP contribution in [0.1, 0.15) is 22.8 Å². The van der Waals surface area contributed by atoms with Gasteiger partial charge < -0.3 is 10.2 Å². The van der Waals surface area contributed by atoms with Crippen LogP contribution >= 0.6 is 0 Å². The molecule has 1 unspecified atom stereocenters. The lowest BCUT2D eigenvalue weighted by Gasteiger charge is -2.16. The molecule has 0 spiro atoms. The first-order chi connectivity index (χ1) is 8.05.